The predicted octanol–water partition coefficient (Wildman–Crippen LogP) is 3.55. The standard InChI is InChI=1S/C20H41N3/c1-17(22-12-14-23(15-13-22)19(2,3)4)16-20(5,6)18-8-10-21(7)11-9-18/h17-18H,8-16H2,1-7H3. The van der Waals surface area contributed by atoms with Gasteiger partial charge < -0.3 is 4.90 Å². The Morgan fingerprint density at radius 1 is 0.870 bits per heavy atom. The summed E-state index contributed by atoms with van der Waals surface area (Å²) in [6, 6.07) is 0.715. The van der Waals surface area contributed by atoms with Crippen molar-refractivity contribution in [1.82, 2.24) is 14.7 Å². The first kappa shape index (κ1) is 19.2. The minimum Gasteiger partial charge on any atom is -0.306 e. The van der Waals surface area contributed by atoms with Crippen molar-refractivity contribution < 1.29 is 0 Å². The van der Waals surface area contributed by atoms with E-state index in [1.807, 2.05) is 0 Å². The molecule has 2 fully saturated rings. The fourth-order valence-electron chi connectivity index (χ4n) is 4.68. The normalized spacial score (nSPS) is 25.7. The molecule has 0 radical (unpaired) electrons. The lowest BCUT2D eigenvalue weighted by Crippen LogP contribution is -2.55. The molecule has 23 heavy (non-hydrogen) atoms. The Hall–Kier alpha value is -0.120. The van der Waals surface area contributed by atoms with E-state index in [0.29, 0.717) is 17.0 Å². The molecule has 2 saturated heterocycles. The topological polar surface area (TPSA) is 9.72 Å². The maximum atomic E-state index is 2.74. The molecule has 2 heterocycles. The fourth-order valence-corrected chi connectivity index (χ4v) is 4.68. The number of nitrogens with zero attached hydrogens (tertiary/aromatic N) is 3. The first-order valence-corrected chi connectivity index (χ1v) is 9.77. The average Bonchev–Trinajstić information content (AvgIpc) is 2.46. The number of hydrogen-bond donors (Lipinski definition) is 0. The molecule has 2 aliphatic heterocycles. The summed E-state index contributed by atoms with van der Waals surface area (Å²) >= 11 is 0. The van der Waals surface area contributed by atoms with Crippen molar-refractivity contribution >= 4 is 0 Å². The van der Waals surface area contributed by atoms with E-state index in [4.69, 9.17) is 0 Å². The SMILES string of the molecule is CC(CC(C)(C)C1CCN(C)CC1)N1CCN(C(C)(C)C)CC1. The molecule has 2 aliphatic rings. The highest BCUT2D eigenvalue weighted by atomic mass is 15.3. The van der Waals surface area contributed by atoms with E-state index in [1.165, 1.54) is 58.5 Å². The quantitative estimate of drug-likeness (QED) is 0.783. The maximum absolute atomic E-state index is 2.74. The molecule has 0 amide bonds. The van der Waals surface area contributed by atoms with Gasteiger partial charge in [-0.05, 0) is 78.4 Å². The van der Waals surface area contributed by atoms with Crippen LogP contribution in [-0.4, -0.2) is 72.6 Å². The van der Waals surface area contributed by atoms with Crippen LogP contribution in [0.25, 0.3) is 0 Å². The van der Waals surface area contributed by atoms with Gasteiger partial charge in [0, 0.05) is 37.8 Å². The van der Waals surface area contributed by atoms with Crippen molar-refractivity contribution in [2.45, 2.75) is 72.4 Å². The van der Waals surface area contributed by atoms with Gasteiger partial charge in [-0.2, -0.15) is 0 Å². The monoisotopic (exact) mass is 323 g/mol. The number of piperazine rings is 1. The zero-order chi connectivity index (χ0) is 17.3. The summed E-state index contributed by atoms with van der Waals surface area (Å²) in [6.45, 7) is 22.0. The number of rotatable bonds is 4. The summed E-state index contributed by atoms with van der Waals surface area (Å²) < 4.78 is 0. The van der Waals surface area contributed by atoms with Crippen LogP contribution in [0.2, 0.25) is 0 Å². The molecule has 136 valence electrons. The van der Waals surface area contributed by atoms with E-state index in [1.54, 1.807) is 0 Å². The molecule has 1 unspecified atom stereocenters. The van der Waals surface area contributed by atoms with Gasteiger partial charge in [0.05, 0.1) is 0 Å². The third-order valence-electron chi connectivity index (χ3n) is 6.53. The summed E-state index contributed by atoms with van der Waals surface area (Å²) in [7, 11) is 2.26. The minimum atomic E-state index is 0.322. The third-order valence-corrected chi connectivity index (χ3v) is 6.53. The fraction of sp³-hybridized carbons (Fsp3) is 1.00. The second-order valence-electron chi connectivity index (χ2n) is 9.81. The second-order valence-corrected chi connectivity index (χ2v) is 9.81. The van der Waals surface area contributed by atoms with E-state index >= 15 is 0 Å². The molecule has 3 heteroatoms. The first-order valence-electron chi connectivity index (χ1n) is 9.77. The van der Waals surface area contributed by atoms with Crippen LogP contribution in [0.15, 0.2) is 0 Å². The first-order chi connectivity index (χ1) is 10.6. The Morgan fingerprint density at radius 2 is 1.39 bits per heavy atom. The Morgan fingerprint density at radius 3 is 1.87 bits per heavy atom. The Bertz CT molecular complexity index is 356. The third kappa shape index (κ3) is 5.17. The van der Waals surface area contributed by atoms with E-state index in [-0.39, 0.29) is 0 Å². The number of piperidine rings is 1. The molecular weight excluding hydrogens is 282 g/mol. The zero-order valence-corrected chi connectivity index (χ0v) is 16.9. The molecule has 2 rings (SSSR count). The molecule has 0 N–H and O–H groups in total. The van der Waals surface area contributed by atoms with Crippen molar-refractivity contribution in [2.24, 2.45) is 11.3 Å². The largest absolute Gasteiger partial charge is 0.306 e. The zero-order valence-electron chi connectivity index (χ0n) is 16.9. The van der Waals surface area contributed by atoms with Gasteiger partial charge in [0.25, 0.3) is 0 Å². The summed E-state index contributed by atoms with van der Waals surface area (Å²) in [4.78, 5) is 7.86. The van der Waals surface area contributed by atoms with E-state index < -0.39 is 0 Å². The molecule has 0 aromatic rings. The van der Waals surface area contributed by atoms with E-state index in [9.17, 15) is 0 Å². The average molecular weight is 324 g/mol. The van der Waals surface area contributed by atoms with Gasteiger partial charge in [-0.3, -0.25) is 9.80 Å². The molecular formula is C20H41N3. The lowest BCUT2D eigenvalue weighted by Gasteiger charge is -2.47. The lowest BCUT2D eigenvalue weighted by molar-refractivity contribution is 0.0221. The van der Waals surface area contributed by atoms with Gasteiger partial charge >= 0.3 is 0 Å². The summed E-state index contributed by atoms with van der Waals surface area (Å²) in [5, 5.41) is 0. The van der Waals surface area contributed by atoms with Crippen LogP contribution < -0.4 is 0 Å². The minimum absolute atomic E-state index is 0.322. The van der Waals surface area contributed by atoms with Crippen LogP contribution in [0.5, 0.6) is 0 Å². The van der Waals surface area contributed by atoms with Crippen molar-refractivity contribution in [2.75, 3.05) is 46.3 Å². The molecule has 0 bridgehead atoms. The van der Waals surface area contributed by atoms with Crippen molar-refractivity contribution in [3.8, 4) is 0 Å². The van der Waals surface area contributed by atoms with Crippen LogP contribution >= 0.6 is 0 Å². The highest BCUT2D eigenvalue weighted by molar-refractivity contribution is 4.89. The van der Waals surface area contributed by atoms with Gasteiger partial charge in [0.1, 0.15) is 0 Å². The van der Waals surface area contributed by atoms with Crippen molar-refractivity contribution in [1.29, 1.82) is 0 Å². The van der Waals surface area contributed by atoms with Gasteiger partial charge in [-0.25, -0.2) is 0 Å². The smallest absolute Gasteiger partial charge is 0.0126 e. The highest BCUT2D eigenvalue weighted by Gasteiger charge is 2.35. The molecule has 0 aliphatic carbocycles. The van der Waals surface area contributed by atoms with E-state index in [2.05, 4.69) is 63.3 Å². The van der Waals surface area contributed by atoms with Gasteiger partial charge in [0.15, 0.2) is 0 Å². The Labute approximate surface area is 145 Å². The summed E-state index contributed by atoms with van der Waals surface area (Å²) in [5.74, 6) is 0.900. The van der Waals surface area contributed by atoms with Crippen LogP contribution in [0, 0.1) is 11.3 Å². The van der Waals surface area contributed by atoms with Gasteiger partial charge in [-0.15, -0.1) is 0 Å². The highest BCUT2D eigenvalue weighted by Crippen LogP contribution is 2.39. The van der Waals surface area contributed by atoms with Crippen LogP contribution in [0.4, 0.5) is 0 Å². The Kier molecular flexibility index (Phi) is 6.19. The van der Waals surface area contributed by atoms with Crippen molar-refractivity contribution in [3.63, 3.8) is 0 Å². The predicted molar refractivity (Wildman–Crippen MR) is 101 cm³/mol. The molecule has 3 nitrogen and oxygen atoms in total. The lowest BCUT2D eigenvalue weighted by atomic mass is 9.70. The van der Waals surface area contributed by atoms with Crippen LogP contribution in [0.3, 0.4) is 0 Å². The molecule has 0 aromatic heterocycles. The van der Waals surface area contributed by atoms with Crippen LogP contribution in [0.1, 0.15) is 60.8 Å². The molecule has 0 aromatic carbocycles. The Balaban J connectivity index is 1.83. The van der Waals surface area contributed by atoms with Crippen molar-refractivity contribution in [3.05, 3.63) is 0 Å². The molecule has 0 saturated carbocycles. The second kappa shape index (κ2) is 7.41. The van der Waals surface area contributed by atoms with Crippen LogP contribution in [-0.2, 0) is 0 Å². The molecule has 1 atom stereocenters. The maximum Gasteiger partial charge on any atom is 0.0126 e. The van der Waals surface area contributed by atoms with Gasteiger partial charge in [0.2, 0.25) is 0 Å². The number of likely N-dealkylation sites (tertiary alicyclic amines) is 1. The van der Waals surface area contributed by atoms with Gasteiger partial charge in [-0.1, -0.05) is 13.8 Å². The molecule has 0 spiro atoms. The summed E-state index contributed by atoms with van der Waals surface area (Å²) in [5.41, 5.74) is 0.796. The summed E-state index contributed by atoms with van der Waals surface area (Å²) in [6.07, 6.45) is 4.11. The van der Waals surface area contributed by atoms with E-state index in [0.717, 1.165) is 5.92 Å². The number of hydrogen-bond acceptors (Lipinski definition) is 3.